The second kappa shape index (κ2) is 5.46. The van der Waals surface area contributed by atoms with Gasteiger partial charge in [-0.15, -0.1) is 0 Å². The van der Waals surface area contributed by atoms with Gasteiger partial charge in [-0.05, 0) is 6.92 Å². The fraction of sp³-hybridized carbons (Fsp3) is 0.818. The van der Waals surface area contributed by atoms with Gasteiger partial charge in [0, 0.05) is 38.0 Å². The molecule has 98 valence electrons. The number of hydrogen-bond donors (Lipinski definition) is 3. The monoisotopic (exact) mass is 244 g/mol. The van der Waals surface area contributed by atoms with Crippen molar-refractivity contribution >= 4 is 11.9 Å². The van der Waals surface area contributed by atoms with E-state index >= 15 is 0 Å². The summed E-state index contributed by atoms with van der Waals surface area (Å²) in [6.45, 7) is 4.11. The molecule has 1 saturated heterocycles. The fourth-order valence-electron chi connectivity index (χ4n) is 1.70. The molecule has 0 bridgehead atoms. The minimum atomic E-state index is -1.20. The molecule has 0 radical (unpaired) electrons. The first-order valence-corrected chi connectivity index (χ1v) is 5.78. The Bertz CT molecular complexity index is 298. The molecule has 1 amide bonds. The molecule has 2 unspecified atom stereocenters. The van der Waals surface area contributed by atoms with E-state index in [4.69, 9.17) is 10.5 Å². The van der Waals surface area contributed by atoms with Gasteiger partial charge in [0.05, 0.1) is 0 Å². The molecular formula is C11H20N2O4. The van der Waals surface area contributed by atoms with Crippen molar-refractivity contribution in [1.82, 2.24) is 5.32 Å². The minimum absolute atomic E-state index is 0.291. The van der Waals surface area contributed by atoms with Crippen molar-refractivity contribution in [3.8, 4) is 0 Å². The van der Waals surface area contributed by atoms with Gasteiger partial charge in [-0.3, -0.25) is 4.79 Å². The highest BCUT2D eigenvalue weighted by molar-refractivity contribution is 5.88. The molecule has 1 rings (SSSR count). The number of ether oxygens (including phenoxy) is 1. The topological polar surface area (TPSA) is 102 Å². The van der Waals surface area contributed by atoms with E-state index in [0.29, 0.717) is 26.1 Å². The Kier molecular flexibility index (Phi) is 4.47. The quantitative estimate of drug-likeness (QED) is 0.631. The number of carboxylic acids is 1. The fourth-order valence-corrected chi connectivity index (χ4v) is 1.70. The molecule has 1 aliphatic heterocycles. The number of nitrogens with two attached hydrogens (primary N) is 1. The SMILES string of the molecule is CC(N)C(C)C(=O)NC1(C(=O)O)CCOCC1. The number of carbonyl (C=O) groups excluding carboxylic acids is 1. The summed E-state index contributed by atoms with van der Waals surface area (Å²) in [4.78, 5) is 23.2. The highest BCUT2D eigenvalue weighted by atomic mass is 16.5. The van der Waals surface area contributed by atoms with E-state index in [1.54, 1.807) is 13.8 Å². The molecule has 6 heteroatoms. The maximum atomic E-state index is 11.9. The van der Waals surface area contributed by atoms with E-state index in [9.17, 15) is 14.7 Å². The molecule has 0 aliphatic carbocycles. The van der Waals surface area contributed by atoms with Crippen LogP contribution < -0.4 is 11.1 Å². The van der Waals surface area contributed by atoms with E-state index in [-0.39, 0.29) is 11.9 Å². The number of aliphatic carboxylic acids is 1. The number of amides is 1. The van der Waals surface area contributed by atoms with Crippen LogP contribution in [0.1, 0.15) is 26.7 Å². The maximum Gasteiger partial charge on any atom is 0.329 e. The van der Waals surface area contributed by atoms with Crippen LogP contribution in [-0.4, -0.2) is 41.8 Å². The van der Waals surface area contributed by atoms with Crippen LogP contribution in [0.15, 0.2) is 0 Å². The van der Waals surface area contributed by atoms with E-state index in [0.717, 1.165) is 0 Å². The molecule has 1 fully saturated rings. The Morgan fingerprint density at radius 1 is 1.35 bits per heavy atom. The zero-order chi connectivity index (χ0) is 13.1. The lowest BCUT2D eigenvalue weighted by molar-refractivity contribution is -0.152. The van der Waals surface area contributed by atoms with Gasteiger partial charge in [-0.1, -0.05) is 6.92 Å². The van der Waals surface area contributed by atoms with Gasteiger partial charge in [0.25, 0.3) is 0 Å². The Morgan fingerprint density at radius 2 is 1.88 bits per heavy atom. The van der Waals surface area contributed by atoms with E-state index in [2.05, 4.69) is 5.32 Å². The second-order valence-corrected chi connectivity index (χ2v) is 4.64. The third-order valence-corrected chi connectivity index (χ3v) is 3.32. The van der Waals surface area contributed by atoms with Crippen molar-refractivity contribution in [2.75, 3.05) is 13.2 Å². The lowest BCUT2D eigenvalue weighted by Crippen LogP contribution is -2.59. The standard InChI is InChI=1S/C11H20N2O4/c1-7(8(2)12)9(14)13-11(10(15)16)3-5-17-6-4-11/h7-8H,3-6,12H2,1-2H3,(H,13,14)(H,15,16). The molecule has 2 atom stereocenters. The molecule has 0 aromatic carbocycles. The molecule has 1 heterocycles. The Hall–Kier alpha value is -1.14. The smallest absolute Gasteiger partial charge is 0.329 e. The van der Waals surface area contributed by atoms with Crippen LogP contribution in [0.5, 0.6) is 0 Å². The van der Waals surface area contributed by atoms with Crippen LogP contribution in [0.2, 0.25) is 0 Å². The summed E-state index contributed by atoms with van der Waals surface area (Å²) >= 11 is 0. The first-order chi connectivity index (χ1) is 7.89. The number of carboxylic acid groups (broad SMARTS) is 1. The summed E-state index contributed by atoms with van der Waals surface area (Å²) in [5.74, 6) is -1.73. The van der Waals surface area contributed by atoms with Gasteiger partial charge in [0.15, 0.2) is 0 Å². The second-order valence-electron chi connectivity index (χ2n) is 4.64. The van der Waals surface area contributed by atoms with Crippen molar-refractivity contribution in [3.05, 3.63) is 0 Å². The Labute approximate surface area is 101 Å². The summed E-state index contributed by atoms with van der Waals surface area (Å²) in [5, 5.41) is 11.9. The van der Waals surface area contributed by atoms with Gasteiger partial charge in [-0.25, -0.2) is 4.79 Å². The van der Waals surface area contributed by atoms with Crippen molar-refractivity contribution in [2.45, 2.75) is 38.3 Å². The minimum Gasteiger partial charge on any atom is -0.480 e. The van der Waals surface area contributed by atoms with E-state index in [1.807, 2.05) is 0 Å². The zero-order valence-corrected chi connectivity index (χ0v) is 10.2. The molecule has 0 aromatic rings. The van der Waals surface area contributed by atoms with E-state index < -0.39 is 17.4 Å². The summed E-state index contributed by atoms with van der Waals surface area (Å²) in [6, 6.07) is -0.305. The van der Waals surface area contributed by atoms with Crippen molar-refractivity contribution in [1.29, 1.82) is 0 Å². The number of nitrogens with one attached hydrogen (secondary N) is 1. The highest BCUT2D eigenvalue weighted by Crippen LogP contribution is 2.21. The van der Waals surface area contributed by atoms with Gasteiger partial charge in [-0.2, -0.15) is 0 Å². The first-order valence-electron chi connectivity index (χ1n) is 5.78. The molecule has 17 heavy (non-hydrogen) atoms. The predicted molar refractivity (Wildman–Crippen MR) is 61.4 cm³/mol. The zero-order valence-electron chi connectivity index (χ0n) is 10.2. The molecular weight excluding hydrogens is 224 g/mol. The largest absolute Gasteiger partial charge is 0.480 e. The maximum absolute atomic E-state index is 11.9. The molecule has 0 saturated carbocycles. The molecule has 6 nitrogen and oxygen atoms in total. The third kappa shape index (κ3) is 3.17. The van der Waals surface area contributed by atoms with Crippen molar-refractivity contribution < 1.29 is 19.4 Å². The van der Waals surface area contributed by atoms with Gasteiger partial charge in [0.1, 0.15) is 5.54 Å². The van der Waals surface area contributed by atoms with Gasteiger partial charge < -0.3 is 20.9 Å². The van der Waals surface area contributed by atoms with Crippen LogP contribution >= 0.6 is 0 Å². The number of hydrogen-bond acceptors (Lipinski definition) is 4. The van der Waals surface area contributed by atoms with E-state index in [1.165, 1.54) is 0 Å². The lowest BCUT2D eigenvalue weighted by atomic mass is 9.89. The highest BCUT2D eigenvalue weighted by Gasteiger charge is 2.42. The lowest BCUT2D eigenvalue weighted by Gasteiger charge is -2.35. The average Bonchev–Trinajstić information content (AvgIpc) is 2.28. The number of rotatable bonds is 4. The Morgan fingerprint density at radius 3 is 2.29 bits per heavy atom. The summed E-state index contributed by atoms with van der Waals surface area (Å²) in [6.07, 6.45) is 0.583. The molecule has 1 aliphatic rings. The number of carbonyl (C=O) groups is 2. The van der Waals surface area contributed by atoms with Crippen LogP contribution in [0.25, 0.3) is 0 Å². The average molecular weight is 244 g/mol. The molecule has 0 aromatic heterocycles. The first kappa shape index (κ1) is 13.9. The van der Waals surface area contributed by atoms with Crippen LogP contribution in [-0.2, 0) is 14.3 Å². The van der Waals surface area contributed by atoms with Crippen LogP contribution in [0.4, 0.5) is 0 Å². The molecule has 0 spiro atoms. The van der Waals surface area contributed by atoms with Gasteiger partial charge >= 0.3 is 5.97 Å². The summed E-state index contributed by atoms with van der Waals surface area (Å²) < 4.78 is 5.13. The van der Waals surface area contributed by atoms with Gasteiger partial charge in [0.2, 0.25) is 5.91 Å². The van der Waals surface area contributed by atoms with Crippen LogP contribution in [0.3, 0.4) is 0 Å². The predicted octanol–water partition coefficient (Wildman–Crippen LogP) is -0.280. The Balaban J connectivity index is 2.73. The van der Waals surface area contributed by atoms with Crippen molar-refractivity contribution in [2.24, 2.45) is 11.7 Å². The normalized spacial score (nSPS) is 22.5. The summed E-state index contributed by atoms with van der Waals surface area (Å²) in [7, 11) is 0. The van der Waals surface area contributed by atoms with Crippen LogP contribution in [0, 0.1) is 5.92 Å². The van der Waals surface area contributed by atoms with Crippen molar-refractivity contribution in [3.63, 3.8) is 0 Å². The third-order valence-electron chi connectivity index (χ3n) is 3.32. The molecule has 4 N–H and O–H groups in total. The summed E-state index contributed by atoms with van der Waals surface area (Å²) in [5.41, 5.74) is 4.43.